The molecular weight excluding hydrogens is 522 g/mol. The number of amides is 2. The van der Waals surface area contributed by atoms with Gasteiger partial charge in [-0.2, -0.15) is 0 Å². The first-order valence-electron chi connectivity index (χ1n) is 14.8. The lowest BCUT2D eigenvalue weighted by Gasteiger charge is -2.39. The van der Waals surface area contributed by atoms with Gasteiger partial charge in [0.25, 0.3) is 0 Å². The zero-order valence-electron chi connectivity index (χ0n) is 24.0. The summed E-state index contributed by atoms with van der Waals surface area (Å²) in [5.41, 5.74) is 11.0. The Balaban J connectivity index is 1.27. The summed E-state index contributed by atoms with van der Waals surface area (Å²) in [5.74, 6) is 0.631. The third-order valence-corrected chi connectivity index (χ3v) is 7.78. The molecule has 5 rings (SSSR count). The van der Waals surface area contributed by atoms with Crippen molar-refractivity contribution in [1.82, 2.24) is 10.2 Å². The van der Waals surface area contributed by atoms with Crippen molar-refractivity contribution in [1.29, 1.82) is 0 Å². The first kappa shape index (κ1) is 29.1. The largest absolute Gasteiger partial charge is 0.489 e. The third kappa shape index (κ3) is 7.65. The molecule has 1 heterocycles. The van der Waals surface area contributed by atoms with E-state index >= 15 is 0 Å². The lowest BCUT2D eigenvalue weighted by molar-refractivity contribution is -0.150. The second-order valence-corrected chi connectivity index (χ2v) is 10.9. The van der Waals surface area contributed by atoms with Gasteiger partial charge in [0.15, 0.2) is 0 Å². The van der Waals surface area contributed by atoms with E-state index in [0.717, 1.165) is 52.8 Å². The monoisotopic (exact) mass is 561 g/mol. The quantitative estimate of drug-likeness (QED) is 0.199. The van der Waals surface area contributed by atoms with Crippen molar-refractivity contribution >= 4 is 11.8 Å². The number of carbonyl (C=O) groups is 2. The highest BCUT2D eigenvalue weighted by Gasteiger charge is 2.40. The molecule has 1 aliphatic heterocycles. The van der Waals surface area contributed by atoms with Crippen molar-refractivity contribution < 1.29 is 14.3 Å². The van der Waals surface area contributed by atoms with Gasteiger partial charge in [0.05, 0.1) is 0 Å². The number of carbonyl (C=O) groups excluding carboxylic acids is 2. The fourth-order valence-corrected chi connectivity index (χ4v) is 5.43. The van der Waals surface area contributed by atoms with Crippen molar-refractivity contribution in [2.45, 2.75) is 57.3 Å². The molecule has 1 saturated heterocycles. The zero-order valence-corrected chi connectivity index (χ0v) is 24.0. The SMILES string of the molecule is NCCCCCC1C(=O)NC(Cc2ccc(-c3ccccc3)cc2)C(=O)N1Cc1ccc(OCc2ccccc2)cc1. The molecule has 216 valence electrons. The van der Waals surface area contributed by atoms with Crippen LogP contribution in [0.4, 0.5) is 0 Å². The molecule has 2 atom stereocenters. The van der Waals surface area contributed by atoms with Crippen LogP contribution in [0.25, 0.3) is 11.1 Å². The van der Waals surface area contributed by atoms with Crippen LogP contribution in [-0.4, -0.2) is 35.3 Å². The number of rotatable bonds is 13. The van der Waals surface area contributed by atoms with E-state index in [0.29, 0.717) is 32.5 Å². The molecule has 0 radical (unpaired) electrons. The normalized spacial score (nSPS) is 16.7. The molecule has 2 amide bonds. The molecule has 0 saturated carbocycles. The lowest BCUT2D eigenvalue weighted by atomic mass is 9.95. The minimum atomic E-state index is -0.603. The number of hydrogen-bond acceptors (Lipinski definition) is 4. The highest BCUT2D eigenvalue weighted by Crippen LogP contribution is 2.24. The molecule has 0 spiro atoms. The van der Waals surface area contributed by atoms with E-state index < -0.39 is 12.1 Å². The van der Waals surface area contributed by atoms with Crippen LogP contribution in [0.15, 0.2) is 109 Å². The van der Waals surface area contributed by atoms with Crippen LogP contribution in [0.2, 0.25) is 0 Å². The van der Waals surface area contributed by atoms with Gasteiger partial charge in [-0.1, -0.05) is 110 Å². The molecular formula is C36H39N3O3. The standard InChI is InChI=1S/C36H39N3O3/c37-23-9-3-8-14-34-35(40)38-33(24-27-15-19-31(20-16-27)30-12-6-2-7-13-30)36(41)39(34)25-28-17-21-32(22-18-28)42-26-29-10-4-1-5-11-29/h1-2,4-7,10-13,15-22,33-34H,3,8-9,14,23-26,37H2,(H,38,40). The Morgan fingerprint density at radius 1 is 0.690 bits per heavy atom. The van der Waals surface area contributed by atoms with Crippen molar-refractivity contribution in [3.05, 3.63) is 126 Å². The molecule has 42 heavy (non-hydrogen) atoms. The molecule has 2 unspecified atom stereocenters. The number of benzene rings is 4. The Kier molecular flexibility index (Phi) is 10.0. The molecule has 4 aromatic carbocycles. The zero-order chi connectivity index (χ0) is 29.1. The summed E-state index contributed by atoms with van der Waals surface area (Å²) < 4.78 is 5.94. The summed E-state index contributed by atoms with van der Waals surface area (Å²) in [6, 6.07) is 35.1. The second kappa shape index (κ2) is 14.5. The summed E-state index contributed by atoms with van der Waals surface area (Å²) in [6.45, 7) is 1.49. The van der Waals surface area contributed by atoms with Crippen molar-refractivity contribution in [2.24, 2.45) is 5.73 Å². The maximum atomic E-state index is 13.9. The fraction of sp³-hybridized carbons (Fsp3) is 0.278. The van der Waals surface area contributed by atoms with Gasteiger partial charge in [0, 0.05) is 13.0 Å². The lowest BCUT2D eigenvalue weighted by Crippen LogP contribution is -2.63. The number of hydrogen-bond donors (Lipinski definition) is 2. The molecule has 6 heteroatoms. The molecule has 3 N–H and O–H groups in total. The van der Waals surface area contributed by atoms with Crippen LogP contribution in [-0.2, 0) is 29.2 Å². The first-order chi connectivity index (χ1) is 20.6. The summed E-state index contributed by atoms with van der Waals surface area (Å²) in [5, 5.41) is 3.03. The Morgan fingerprint density at radius 3 is 2.02 bits per heavy atom. The Morgan fingerprint density at radius 2 is 1.33 bits per heavy atom. The summed E-state index contributed by atoms with van der Waals surface area (Å²) in [7, 11) is 0. The number of ether oxygens (including phenoxy) is 1. The number of nitrogens with one attached hydrogen (secondary N) is 1. The smallest absolute Gasteiger partial charge is 0.246 e. The van der Waals surface area contributed by atoms with Crippen LogP contribution in [0.5, 0.6) is 5.75 Å². The van der Waals surface area contributed by atoms with Gasteiger partial charge in [-0.3, -0.25) is 9.59 Å². The molecule has 1 fully saturated rings. The first-order valence-corrected chi connectivity index (χ1v) is 14.8. The number of piperazine rings is 1. The fourth-order valence-electron chi connectivity index (χ4n) is 5.43. The number of nitrogens with two attached hydrogens (primary N) is 1. The van der Waals surface area contributed by atoms with Crippen LogP contribution >= 0.6 is 0 Å². The summed E-state index contributed by atoms with van der Waals surface area (Å²) in [4.78, 5) is 29.0. The predicted octanol–water partition coefficient (Wildman–Crippen LogP) is 5.89. The van der Waals surface area contributed by atoms with E-state index in [1.807, 2.05) is 84.9 Å². The minimum Gasteiger partial charge on any atom is -0.489 e. The van der Waals surface area contributed by atoms with E-state index in [2.05, 4.69) is 29.6 Å². The molecule has 6 nitrogen and oxygen atoms in total. The van der Waals surface area contributed by atoms with Crippen LogP contribution in [0.3, 0.4) is 0 Å². The molecule has 4 aromatic rings. The maximum absolute atomic E-state index is 13.9. The van der Waals surface area contributed by atoms with Crippen LogP contribution < -0.4 is 15.8 Å². The van der Waals surface area contributed by atoms with Gasteiger partial charge in [-0.25, -0.2) is 0 Å². The van der Waals surface area contributed by atoms with Gasteiger partial charge < -0.3 is 20.7 Å². The van der Waals surface area contributed by atoms with Crippen molar-refractivity contribution in [3.63, 3.8) is 0 Å². The van der Waals surface area contributed by atoms with Gasteiger partial charge in [0.1, 0.15) is 24.4 Å². The topological polar surface area (TPSA) is 84.7 Å². The average molecular weight is 562 g/mol. The van der Waals surface area contributed by atoms with Gasteiger partial charge in [-0.05, 0) is 59.3 Å². The summed E-state index contributed by atoms with van der Waals surface area (Å²) >= 11 is 0. The highest BCUT2D eigenvalue weighted by atomic mass is 16.5. The Hall–Kier alpha value is -4.42. The number of nitrogens with zero attached hydrogens (tertiary/aromatic N) is 1. The van der Waals surface area contributed by atoms with E-state index in [-0.39, 0.29) is 11.8 Å². The predicted molar refractivity (Wildman–Crippen MR) is 167 cm³/mol. The minimum absolute atomic E-state index is 0.0463. The molecule has 0 bridgehead atoms. The molecule has 1 aliphatic rings. The van der Waals surface area contributed by atoms with Gasteiger partial charge >= 0.3 is 0 Å². The van der Waals surface area contributed by atoms with Crippen LogP contribution in [0.1, 0.15) is 42.4 Å². The average Bonchev–Trinajstić information content (AvgIpc) is 3.03. The Bertz CT molecular complexity index is 1420. The van der Waals surface area contributed by atoms with Crippen molar-refractivity contribution in [3.8, 4) is 16.9 Å². The van der Waals surface area contributed by atoms with E-state index in [1.165, 1.54) is 0 Å². The molecule has 0 aromatic heterocycles. The van der Waals surface area contributed by atoms with Crippen molar-refractivity contribution in [2.75, 3.05) is 6.54 Å². The maximum Gasteiger partial charge on any atom is 0.246 e. The second-order valence-electron chi connectivity index (χ2n) is 10.9. The molecule has 0 aliphatic carbocycles. The van der Waals surface area contributed by atoms with E-state index in [1.54, 1.807) is 4.90 Å². The van der Waals surface area contributed by atoms with E-state index in [4.69, 9.17) is 10.5 Å². The van der Waals surface area contributed by atoms with Crippen LogP contribution in [0, 0.1) is 0 Å². The third-order valence-electron chi connectivity index (χ3n) is 7.78. The van der Waals surface area contributed by atoms with E-state index in [9.17, 15) is 9.59 Å². The highest BCUT2D eigenvalue weighted by molar-refractivity contribution is 5.97. The summed E-state index contributed by atoms with van der Waals surface area (Å²) in [6.07, 6.45) is 3.76. The van der Waals surface area contributed by atoms with Gasteiger partial charge in [-0.15, -0.1) is 0 Å². The Labute approximate surface area is 248 Å². The van der Waals surface area contributed by atoms with Gasteiger partial charge in [0.2, 0.25) is 11.8 Å². The number of unbranched alkanes of at least 4 members (excludes halogenated alkanes) is 2.